The van der Waals surface area contributed by atoms with Crippen molar-refractivity contribution in [3.63, 3.8) is 0 Å². The molecule has 3 rings (SSSR count). The third kappa shape index (κ3) is 4.14. The Labute approximate surface area is 150 Å². The maximum Gasteiger partial charge on any atom is 0.387 e. The Morgan fingerprint density at radius 3 is 2.85 bits per heavy atom. The fraction of sp³-hybridized carbons (Fsp3) is 0.188. The average Bonchev–Trinajstić information content (AvgIpc) is 3.30. The van der Waals surface area contributed by atoms with Gasteiger partial charge in [-0.15, -0.1) is 11.3 Å². The van der Waals surface area contributed by atoms with E-state index in [2.05, 4.69) is 14.9 Å². The van der Waals surface area contributed by atoms with Gasteiger partial charge in [-0.05, 0) is 29.6 Å². The lowest BCUT2D eigenvalue weighted by Crippen LogP contribution is -2.07. The minimum absolute atomic E-state index is 0.0162. The molecule has 0 aliphatic heterocycles. The van der Waals surface area contributed by atoms with Gasteiger partial charge in [0.2, 0.25) is 5.82 Å². The largest absolute Gasteiger partial charge is 0.493 e. The number of halogens is 2. The molecule has 0 atom stereocenters. The number of methoxy groups -OCH3 is 1. The fourth-order valence-corrected chi connectivity index (χ4v) is 2.67. The maximum absolute atomic E-state index is 12.3. The standard InChI is InChI=1S/C16H12F2N2O5S/c1-22-11-7-9(4-5-10(11)24-16(17)18)15(21)23-8-13-19-14(20-25-13)12-3-2-6-26-12/h2-7,16H,8H2,1H3. The second-order valence-electron chi connectivity index (χ2n) is 4.81. The van der Waals surface area contributed by atoms with Crippen molar-refractivity contribution in [1.29, 1.82) is 0 Å². The number of carbonyl (C=O) groups is 1. The van der Waals surface area contributed by atoms with E-state index < -0.39 is 12.6 Å². The molecular formula is C16H12F2N2O5S. The number of benzene rings is 1. The van der Waals surface area contributed by atoms with E-state index >= 15 is 0 Å². The van der Waals surface area contributed by atoms with Crippen LogP contribution in [0.25, 0.3) is 10.7 Å². The van der Waals surface area contributed by atoms with Crippen LogP contribution in [-0.2, 0) is 11.3 Å². The van der Waals surface area contributed by atoms with Crippen LogP contribution in [0.5, 0.6) is 11.5 Å². The molecule has 3 aromatic rings. The summed E-state index contributed by atoms with van der Waals surface area (Å²) in [5.74, 6) is -0.371. The van der Waals surface area contributed by atoms with Crippen molar-refractivity contribution < 1.29 is 32.3 Å². The first kappa shape index (κ1) is 17.8. The van der Waals surface area contributed by atoms with Crippen LogP contribution in [0.1, 0.15) is 16.2 Å². The topological polar surface area (TPSA) is 83.7 Å². The van der Waals surface area contributed by atoms with Crippen LogP contribution in [0, 0.1) is 0 Å². The normalized spacial score (nSPS) is 10.8. The average molecular weight is 382 g/mol. The third-order valence-corrected chi connectivity index (χ3v) is 4.02. The SMILES string of the molecule is COc1cc(C(=O)OCc2nc(-c3cccs3)no2)ccc1OC(F)F. The molecule has 7 nitrogen and oxygen atoms in total. The van der Waals surface area contributed by atoms with E-state index in [1.807, 2.05) is 17.5 Å². The van der Waals surface area contributed by atoms with Crippen LogP contribution in [0.15, 0.2) is 40.2 Å². The zero-order chi connectivity index (χ0) is 18.5. The molecule has 0 aliphatic carbocycles. The van der Waals surface area contributed by atoms with E-state index in [-0.39, 0.29) is 29.6 Å². The summed E-state index contributed by atoms with van der Waals surface area (Å²) in [5.41, 5.74) is 0.0986. The summed E-state index contributed by atoms with van der Waals surface area (Å²) in [6, 6.07) is 7.41. The first-order chi connectivity index (χ1) is 12.6. The predicted molar refractivity (Wildman–Crippen MR) is 86.4 cm³/mol. The smallest absolute Gasteiger partial charge is 0.387 e. The van der Waals surface area contributed by atoms with Gasteiger partial charge in [0.1, 0.15) is 0 Å². The molecule has 2 aromatic heterocycles. The lowest BCUT2D eigenvalue weighted by atomic mass is 10.2. The summed E-state index contributed by atoms with van der Waals surface area (Å²) >= 11 is 1.45. The van der Waals surface area contributed by atoms with Crippen LogP contribution in [-0.4, -0.2) is 29.8 Å². The molecule has 0 saturated carbocycles. The Morgan fingerprint density at radius 1 is 1.31 bits per heavy atom. The lowest BCUT2D eigenvalue weighted by molar-refractivity contribution is -0.0512. The molecule has 0 amide bonds. The van der Waals surface area contributed by atoms with Gasteiger partial charge in [-0.3, -0.25) is 0 Å². The Bertz CT molecular complexity index is 883. The second-order valence-corrected chi connectivity index (χ2v) is 5.76. The number of rotatable bonds is 7. The van der Waals surface area contributed by atoms with E-state index in [1.165, 1.54) is 36.6 Å². The Hall–Kier alpha value is -3.01. The molecule has 10 heteroatoms. The highest BCUT2D eigenvalue weighted by molar-refractivity contribution is 7.13. The number of alkyl halides is 2. The van der Waals surface area contributed by atoms with Gasteiger partial charge in [0, 0.05) is 0 Å². The van der Waals surface area contributed by atoms with Crippen molar-refractivity contribution in [3.05, 3.63) is 47.2 Å². The highest BCUT2D eigenvalue weighted by Gasteiger charge is 2.16. The van der Waals surface area contributed by atoms with E-state index in [0.717, 1.165) is 4.88 Å². The molecule has 0 spiro atoms. The van der Waals surface area contributed by atoms with Crippen LogP contribution in [0.2, 0.25) is 0 Å². The summed E-state index contributed by atoms with van der Waals surface area (Å²) in [5, 5.41) is 5.68. The molecule has 26 heavy (non-hydrogen) atoms. The number of hydrogen-bond donors (Lipinski definition) is 0. The Balaban J connectivity index is 1.65. The number of carbonyl (C=O) groups excluding carboxylic acids is 1. The van der Waals surface area contributed by atoms with Gasteiger partial charge in [-0.2, -0.15) is 13.8 Å². The molecule has 136 valence electrons. The Kier molecular flexibility index (Phi) is 5.42. The molecule has 0 aliphatic rings. The highest BCUT2D eigenvalue weighted by Crippen LogP contribution is 2.29. The zero-order valence-corrected chi connectivity index (χ0v) is 14.2. The summed E-state index contributed by atoms with van der Waals surface area (Å²) in [4.78, 5) is 17.1. The second kappa shape index (κ2) is 7.91. The third-order valence-electron chi connectivity index (χ3n) is 3.15. The van der Waals surface area contributed by atoms with E-state index in [4.69, 9.17) is 14.0 Å². The minimum Gasteiger partial charge on any atom is -0.493 e. The van der Waals surface area contributed by atoms with E-state index in [9.17, 15) is 13.6 Å². The molecule has 0 unspecified atom stereocenters. The molecule has 0 bridgehead atoms. The zero-order valence-electron chi connectivity index (χ0n) is 13.3. The van der Waals surface area contributed by atoms with Gasteiger partial charge in [0.15, 0.2) is 18.1 Å². The van der Waals surface area contributed by atoms with Gasteiger partial charge < -0.3 is 18.7 Å². The van der Waals surface area contributed by atoms with Crippen molar-refractivity contribution in [1.82, 2.24) is 10.1 Å². The number of ether oxygens (including phenoxy) is 3. The van der Waals surface area contributed by atoms with Crippen molar-refractivity contribution in [2.24, 2.45) is 0 Å². The summed E-state index contributed by atoms with van der Waals surface area (Å²) in [7, 11) is 1.27. The van der Waals surface area contributed by atoms with Gasteiger partial charge in [-0.25, -0.2) is 4.79 Å². The number of nitrogens with zero attached hydrogens (tertiary/aromatic N) is 2. The molecule has 0 saturated heterocycles. The predicted octanol–water partition coefficient (Wildman–Crippen LogP) is 3.77. The molecule has 1 aromatic carbocycles. The Morgan fingerprint density at radius 2 is 2.15 bits per heavy atom. The van der Waals surface area contributed by atoms with Gasteiger partial charge in [0.05, 0.1) is 17.6 Å². The van der Waals surface area contributed by atoms with Crippen molar-refractivity contribution in [2.45, 2.75) is 13.2 Å². The first-order valence-electron chi connectivity index (χ1n) is 7.23. The van der Waals surface area contributed by atoms with Gasteiger partial charge in [0.25, 0.3) is 5.89 Å². The molecule has 0 radical (unpaired) electrons. The fourth-order valence-electron chi connectivity index (χ4n) is 2.02. The van der Waals surface area contributed by atoms with Crippen molar-refractivity contribution >= 4 is 17.3 Å². The van der Waals surface area contributed by atoms with Crippen LogP contribution < -0.4 is 9.47 Å². The molecule has 0 fully saturated rings. The van der Waals surface area contributed by atoms with E-state index in [0.29, 0.717) is 5.82 Å². The lowest BCUT2D eigenvalue weighted by Gasteiger charge is -2.10. The monoisotopic (exact) mass is 382 g/mol. The van der Waals surface area contributed by atoms with Crippen LogP contribution in [0.4, 0.5) is 8.78 Å². The maximum atomic E-state index is 12.3. The summed E-state index contributed by atoms with van der Waals surface area (Å²) in [6.45, 7) is -3.23. The van der Waals surface area contributed by atoms with Crippen LogP contribution >= 0.6 is 11.3 Å². The number of esters is 1. The summed E-state index contributed by atoms with van der Waals surface area (Å²) < 4.78 is 44.0. The first-order valence-corrected chi connectivity index (χ1v) is 8.11. The number of hydrogen-bond acceptors (Lipinski definition) is 8. The summed E-state index contributed by atoms with van der Waals surface area (Å²) in [6.07, 6.45) is 0. The molecule has 2 heterocycles. The number of aromatic nitrogens is 2. The van der Waals surface area contributed by atoms with Crippen LogP contribution in [0.3, 0.4) is 0 Å². The van der Waals surface area contributed by atoms with E-state index in [1.54, 1.807) is 0 Å². The highest BCUT2D eigenvalue weighted by atomic mass is 32.1. The number of thiophene rings is 1. The molecular weight excluding hydrogens is 370 g/mol. The minimum atomic E-state index is -3.00. The van der Waals surface area contributed by atoms with Gasteiger partial charge >= 0.3 is 12.6 Å². The van der Waals surface area contributed by atoms with Gasteiger partial charge in [-0.1, -0.05) is 11.2 Å². The quantitative estimate of drug-likeness (QED) is 0.575. The molecule has 0 N–H and O–H groups in total. The van der Waals surface area contributed by atoms with Crippen molar-refractivity contribution in [2.75, 3.05) is 7.11 Å². The van der Waals surface area contributed by atoms with Crippen molar-refractivity contribution in [3.8, 4) is 22.2 Å².